The monoisotopic (exact) mass is 195 g/mol. The minimum absolute atomic E-state index is 0.430. The number of thiol groups is 1. The van der Waals surface area contributed by atoms with Crippen LogP contribution >= 0.6 is 12.6 Å². The van der Waals surface area contributed by atoms with Gasteiger partial charge in [-0.3, -0.25) is 4.79 Å². The van der Waals surface area contributed by atoms with Gasteiger partial charge in [-0.15, -0.1) is 12.6 Å². The van der Waals surface area contributed by atoms with Crippen molar-refractivity contribution in [3.63, 3.8) is 0 Å². The summed E-state index contributed by atoms with van der Waals surface area (Å²) < 4.78 is 0. The van der Waals surface area contributed by atoms with E-state index in [0.29, 0.717) is 16.4 Å². The van der Waals surface area contributed by atoms with Crippen LogP contribution in [0.4, 0.5) is 0 Å². The Hall–Kier alpha value is -0.960. The van der Waals surface area contributed by atoms with Crippen LogP contribution in [0.25, 0.3) is 0 Å². The molecule has 0 atom stereocenters. The maximum atomic E-state index is 10.9. The topological polar surface area (TPSA) is 43.1 Å². The molecule has 0 saturated carbocycles. The van der Waals surface area contributed by atoms with Gasteiger partial charge in [0.25, 0.3) is 0 Å². The fraction of sp³-hybridized carbons (Fsp3) is 0.300. The summed E-state index contributed by atoms with van der Waals surface area (Å²) in [6.07, 6.45) is 0. The van der Waals surface area contributed by atoms with E-state index >= 15 is 0 Å². The van der Waals surface area contributed by atoms with Gasteiger partial charge in [0, 0.05) is 4.90 Å². The highest BCUT2D eigenvalue weighted by molar-refractivity contribution is 7.80. The average Bonchev–Trinajstić information content (AvgIpc) is 2.03. The first-order valence-corrected chi connectivity index (χ1v) is 4.60. The van der Waals surface area contributed by atoms with E-state index in [1.165, 1.54) is 0 Å². The van der Waals surface area contributed by atoms with Crippen LogP contribution in [-0.4, -0.2) is 5.91 Å². The molecular formula is C10H13NOS. The van der Waals surface area contributed by atoms with E-state index in [1.807, 2.05) is 12.1 Å². The molecule has 1 rings (SSSR count). The number of carbonyl (C=O) groups is 1. The van der Waals surface area contributed by atoms with Crippen molar-refractivity contribution in [2.45, 2.75) is 24.7 Å². The molecule has 2 nitrogen and oxygen atoms in total. The predicted octanol–water partition coefficient (Wildman–Crippen LogP) is 2.20. The zero-order valence-electron chi connectivity index (χ0n) is 7.74. The molecule has 3 heteroatoms. The van der Waals surface area contributed by atoms with Crippen LogP contribution in [0.2, 0.25) is 0 Å². The van der Waals surface area contributed by atoms with Crippen LogP contribution in [0.3, 0.4) is 0 Å². The molecule has 0 saturated heterocycles. The van der Waals surface area contributed by atoms with E-state index in [0.717, 1.165) is 5.56 Å². The van der Waals surface area contributed by atoms with E-state index in [9.17, 15) is 4.79 Å². The molecule has 0 unspecified atom stereocenters. The molecule has 0 bridgehead atoms. The quantitative estimate of drug-likeness (QED) is 0.698. The van der Waals surface area contributed by atoms with Gasteiger partial charge in [0.1, 0.15) is 0 Å². The molecule has 0 aromatic heterocycles. The Morgan fingerprint density at radius 1 is 1.46 bits per heavy atom. The lowest BCUT2D eigenvalue weighted by Crippen LogP contribution is -2.11. The number of carbonyl (C=O) groups excluding carboxylic acids is 1. The Labute approximate surface area is 83.5 Å². The minimum Gasteiger partial charge on any atom is -0.366 e. The molecule has 0 aliphatic heterocycles. The van der Waals surface area contributed by atoms with Gasteiger partial charge in [-0.05, 0) is 23.6 Å². The summed E-state index contributed by atoms with van der Waals surface area (Å²) in [7, 11) is 0. The molecule has 1 aromatic carbocycles. The van der Waals surface area contributed by atoms with Crippen molar-refractivity contribution in [1.29, 1.82) is 0 Å². The smallest absolute Gasteiger partial charge is 0.249 e. The van der Waals surface area contributed by atoms with Crippen LogP contribution in [0, 0.1) is 0 Å². The van der Waals surface area contributed by atoms with Crippen molar-refractivity contribution in [3.05, 3.63) is 29.3 Å². The number of nitrogens with two attached hydrogens (primary N) is 1. The van der Waals surface area contributed by atoms with Gasteiger partial charge in [0.05, 0.1) is 5.56 Å². The van der Waals surface area contributed by atoms with E-state index < -0.39 is 5.91 Å². The first-order valence-electron chi connectivity index (χ1n) is 4.15. The SMILES string of the molecule is CC(C)c1ccc(C(N)=O)c(S)c1. The second-order valence-electron chi connectivity index (χ2n) is 3.30. The van der Waals surface area contributed by atoms with E-state index in [1.54, 1.807) is 6.07 Å². The lowest BCUT2D eigenvalue weighted by Gasteiger charge is -2.07. The number of primary amides is 1. The Morgan fingerprint density at radius 2 is 2.08 bits per heavy atom. The summed E-state index contributed by atoms with van der Waals surface area (Å²) in [5.41, 5.74) is 6.79. The maximum Gasteiger partial charge on any atom is 0.249 e. The predicted molar refractivity (Wildman–Crippen MR) is 56.3 cm³/mol. The average molecular weight is 195 g/mol. The van der Waals surface area contributed by atoms with Gasteiger partial charge in [0.15, 0.2) is 0 Å². The first-order chi connectivity index (χ1) is 6.02. The van der Waals surface area contributed by atoms with Crippen molar-refractivity contribution >= 4 is 18.5 Å². The Balaban J connectivity index is 3.13. The van der Waals surface area contributed by atoms with Crippen LogP contribution in [0.5, 0.6) is 0 Å². The van der Waals surface area contributed by atoms with Crippen molar-refractivity contribution < 1.29 is 4.79 Å². The standard InChI is InChI=1S/C10H13NOS/c1-6(2)7-3-4-8(10(11)12)9(13)5-7/h3-6,13H,1-2H3,(H2,11,12). The zero-order chi connectivity index (χ0) is 10.0. The van der Waals surface area contributed by atoms with Crippen molar-refractivity contribution in [3.8, 4) is 0 Å². The van der Waals surface area contributed by atoms with Gasteiger partial charge < -0.3 is 5.73 Å². The van der Waals surface area contributed by atoms with Gasteiger partial charge in [-0.2, -0.15) is 0 Å². The number of rotatable bonds is 2. The maximum absolute atomic E-state index is 10.9. The molecule has 0 heterocycles. The van der Waals surface area contributed by atoms with Crippen molar-refractivity contribution in [1.82, 2.24) is 0 Å². The summed E-state index contributed by atoms with van der Waals surface area (Å²) >= 11 is 4.20. The second kappa shape index (κ2) is 3.83. The molecule has 1 aromatic rings. The largest absolute Gasteiger partial charge is 0.366 e. The Bertz CT molecular complexity index is 334. The van der Waals surface area contributed by atoms with Crippen LogP contribution in [0.15, 0.2) is 23.1 Å². The zero-order valence-corrected chi connectivity index (χ0v) is 8.64. The number of benzene rings is 1. The van der Waals surface area contributed by atoms with Crippen LogP contribution in [0.1, 0.15) is 35.7 Å². The molecule has 0 spiro atoms. The molecule has 0 fully saturated rings. The second-order valence-corrected chi connectivity index (χ2v) is 3.78. The molecule has 13 heavy (non-hydrogen) atoms. The third-order valence-electron chi connectivity index (χ3n) is 1.95. The Kier molecular flexibility index (Phi) is 2.98. The highest BCUT2D eigenvalue weighted by Crippen LogP contribution is 2.20. The molecule has 0 radical (unpaired) electrons. The number of hydrogen-bond donors (Lipinski definition) is 2. The summed E-state index contributed by atoms with van der Waals surface area (Å²) in [6, 6.07) is 5.51. The van der Waals surface area contributed by atoms with Crippen molar-refractivity contribution in [2.24, 2.45) is 5.73 Å². The molecule has 0 aliphatic carbocycles. The molecular weight excluding hydrogens is 182 g/mol. The number of hydrogen-bond acceptors (Lipinski definition) is 2. The highest BCUT2D eigenvalue weighted by Gasteiger charge is 2.07. The summed E-state index contributed by atoms with van der Waals surface area (Å²) in [5.74, 6) is 0.00753. The van der Waals surface area contributed by atoms with Gasteiger partial charge in [0.2, 0.25) is 5.91 Å². The summed E-state index contributed by atoms with van der Waals surface area (Å²) in [5, 5.41) is 0. The fourth-order valence-electron chi connectivity index (χ4n) is 1.12. The molecule has 2 N–H and O–H groups in total. The lowest BCUT2D eigenvalue weighted by atomic mass is 10.0. The van der Waals surface area contributed by atoms with Crippen LogP contribution in [-0.2, 0) is 0 Å². The van der Waals surface area contributed by atoms with Crippen molar-refractivity contribution in [2.75, 3.05) is 0 Å². The third-order valence-corrected chi connectivity index (χ3v) is 2.32. The summed E-state index contributed by atoms with van der Waals surface area (Å²) in [6.45, 7) is 4.18. The van der Waals surface area contributed by atoms with Gasteiger partial charge in [-0.1, -0.05) is 19.9 Å². The van der Waals surface area contributed by atoms with Crippen LogP contribution < -0.4 is 5.73 Å². The minimum atomic E-state index is -0.430. The van der Waals surface area contributed by atoms with E-state index in [2.05, 4.69) is 26.5 Å². The number of amides is 1. The molecule has 0 aliphatic rings. The Morgan fingerprint density at radius 3 is 2.46 bits per heavy atom. The molecule has 70 valence electrons. The lowest BCUT2D eigenvalue weighted by molar-refractivity contribution is 0.0997. The van der Waals surface area contributed by atoms with E-state index in [-0.39, 0.29) is 0 Å². The first kappa shape index (κ1) is 10.1. The molecule has 1 amide bonds. The van der Waals surface area contributed by atoms with Gasteiger partial charge in [-0.25, -0.2) is 0 Å². The normalized spacial score (nSPS) is 10.5. The fourth-order valence-corrected chi connectivity index (χ4v) is 1.45. The summed E-state index contributed by atoms with van der Waals surface area (Å²) in [4.78, 5) is 11.5. The van der Waals surface area contributed by atoms with E-state index in [4.69, 9.17) is 5.73 Å². The third kappa shape index (κ3) is 2.25. The van der Waals surface area contributed by atoms with Gasteiger partial charge >= 0.3 is 0 Å². The highest BCUT2D eigenvalue weighted by atomic mass is 32.1.